The van der Waals surface area contributed by atoms with Crippen molar-refractivity contribution in [2.45, 2.75) is 130 Å². The molecule has 416 valence electrons. The highest BCUT2D eigenvalue weighted by Crippen LogP contribution is 2.45. The van der Waals surface area contributed by atoms with Crippen LogP contribution in [0, 0.1) is 0 Å². The highest BCUT2D eigenvalue weighted by Gasteiger charge is 2.52. The number of esters is 1. The molecule has 20 atom stereocenters. The van der Waals surface area contributed by atoms with Crippen LogP contribution in [0.15, 0.2) is 69.9 Å². The minimum absolute atomic E-state index is 0.00647. The van der Waals surface area contributed by atoms with Crippen molar-refractivity contribution in [3.05, 3.63) is 76.5 Å². The topological polar surface area (TPSA) is 454 Å². The summed E-state index contributed by atoms with van der Waals surface area (Å²) in [6, 6.07) is 10.6. The van der Waals surface area contributed by atoms with Crippen LogP contribution in [0.1, 0.15) is 12.5 Å². The Morgan fingerprint density at radius 2 is 1.18 bits per heavy atom. The third-order valence-electron chi connectivity index (χ3n) is 13.0. The summed E-state index contributed by atoms with van der Waals surface area (Å²) in [4.78, 5) is 26.3. The molecule has 4 saturated heterocycles. The van der Waals surface area contributed by atoms with Gasteiger partial charge in [0.05, 0.1) is 24.9 Å². The van der Waals surface area contributed by atoms with E-state index in [0.29, 0.717) is 5.56 Å². The summed E-state index contributed by atoms with van der Waals surface area (Å²) in [6.07, 6.45) is -33.4. The van der Waals surface area contributed by atoms with Crippen molar-refractivity contribution in [2.24, 2.45) is 0 Å². The van der Waals surface area contributed by atoms with E-state index in [1.165, 1.54) is 37.3 Å². The third kappa shape index (κ3) is 11.8. The van der Waals surface area contributed by atoms with E-state index in [1.807, 2.05) is 0 Å². The van der Waals surface area contributed by atoms with Crippen molar-refractivity contribution in [1.29, 1.82) is 0 Å². The average Bonchev–Trinajstić information content (AvgIpc) is 3.41. The first-order valence-electron chi connectivity index (χ1n) is 23.4. The fourth-order valence-electron chi connectivity index (χ4n) is 8.60. The molecule has 0 aromatic heterocycles. The number of carbonyl (C=O) groups is 1. The van der Waals surface area contributed by atoms with Gasteiger partial charge in [0.2, 0.25) is 12.6 Å². The normalized spacial score (nSPS) is 36.0. The molecule has 0 amide bonds. The Hall–Kier alpha value is -5.84. The highest BCUT2D eigenvalue weighted by molar-refractivity contribution is 5.87. The molecular formula is C48H56O28. The van der Waals surface area contributed by atoms with Gasteiger partial charge in [0.1, 0.15) is 115 Å². The fraction of sp³-hybridized carbons (Fsp3) is 0.500. The van der Waals surface area contributed by atoms with Crippen LogP contribution in [0.4, 0.5) is 0 Å². The number of phenolic OH excluding ortho intramolecular Hbond substituents is 4. The van der Waals surface area contributed by atoms with Crippen LogP contribution in [0.5, 0.6) is 34.5 Å². The Morgan fingerprint density at radius 3 is 1.84 bits per heavy atom. The molecular weight excluding hydrogens is 1020 g/mol. The van der Waals surface area contributed by atoms with Crippen LogP contribution in [-0.4, -0.2) is 230 Å². The first kappa shape index (κ1) is 56.4. The van der Waals surface area contributed by atoms with Gasteiger partial charge in [-0.25, -0.2) is 4.79 Å². The van der Waals surface area contributed by atoms with E-state index < -0.39 is 189 Å². The Labute approximate surface area is 428 Å². The summed E-state index contributed by atoms with van der Waals surface area (Å²) < 4.78 is 56.7. The maximum Gasteiger partial charge on any atom is 0.330 e. The first-order chi connectivity index (χ1) is 36.0. The smallest absolute Gasteiger partial charge is 0.330 e. The van der Waals surface area contributed by atoms with Gasteiger partial charge in [-0.05, 0) is 48.9 Å². The van der Waals surface area contributed by atoms with Crippen molar-refractivity contribution in [3.63, 3.8) is 0 Å². The predicted molar refractivity (Wildman–Crippen MR) is 246 cm³/mol. The lowest BCUT2D eigenvalue weighted by atomic mass is 9.97. The number of aliphatic hydroxyl groups excluding tert-OH is 12. The Balaban J connectivity index is 1.02. The molecule has 6 aliphatic rings. The van der Waals surface area contributed by atoms with Gasteiger partial charge in [-0.15, -0.1) is 0 Å². The number of carbonyl (C=O) groups excluding carboxylic acids is 1. The maximum absolute atomic E-state index is 13.9. The monoisotopic (exact) mass is 1080 g/mol. The molecule has 1 aliphatic carbocycles. The summed E-state index contributed by atoms with van der Waals surface area (Å²) >= 11 is 0. The van der Waals surface area contributed by atoms with Crippen molar-refractivity contribution in [3.8, 4) is 57.1 Å². The molecule has 8 rings (SSSR count). The van der Waals surface area contributed by atoms with E-state index >= 15 is 0 Å². The Morgan fingerprint density at radius 1 is 0.605 bits per heavy atom. The van der Waals surface area contributed by atoms with Crippen LogP contribution < -0.4 is 14.9 Å². The molecule has 28 heteroatoms. The molecule has 76 heavy (non-hydrogen) atoms. The van der Waals surface area contributed by atoms with E-state index in [-0.39, 0.29) is 22.6 Å². The van der Waals surface area contributed by atoms with E-state index in [1.54, 1.807) is 0 Å². The number of hydrogen-bond donors (Lipinski definition) is 16. The van der Waals surface area contributed by atoms with Gasteiger partial charge in [-0.2, -0.15) is 0 Å². The second-order valence-electron chi connectivity index (χ2n) is 18.3. The number of hydrogen-bond acceptors (Lipinski definition) is 28. The molecule has 2 aromatic carbocycles. The van der Waals surface area contributed by atoms with E-state index in [0.717, 1.165) is 36.4 Å². The number of aliphatic hydroxyl groups is 12. The van der Waals surface area contributed by atoms with Crippen LogP contribution >= 0.6 is 0 Å². The minimum atomic E-state index is -2.08. The average molecular weight is 1080 g/mol. The van der Waals surface area contributed by atoms with E-state index in [9.17, 15) is 91.3 Å². The second-order valence-corrected chi connectivity index (χ2v) is 18.3. The summed E-state index contributed by atoms with van der Waals surface area (Å²) in [7, 11) is 0. The van der Waals surface area contributed by atoms with Gasteiger partial charge >= 0.3 is 5.97 Å². The van der Waals surface area contributed by atoms with Gasteiger partial charge < -0.3 is 129 Å². The van der Waals surface area contributed by atoms with Gasteiger partial charge in [0.15, 0.2) is 46.8 Å². The van der Waals surface area contributed by atoms with Crippen molar-refractivity contribution in [1.82, 2.24) is 0 Å². The van der Waals surface area contributed by atoms with Crippen LogP contribution in [0.25, 0.3) is 28.7 Å². The van der Waals surface area contributed by atoms with Gasteiger partial charge in [0.25, 0.3) is 0 Å². The maximum atomic E-state index is 13.9. The zero-order chi connectivity index (χ0) is 55.0. The predicted octanol–water partition coefficient (Wildman–Crippen LogP) is -4.47. The Kier molecular flexibility index (Phi) is 17.4. The molecule has 16 N–H and O–H groups in total. The molecule has 4 fully saturated rings. The zero-order valence-electron chi connectivity index (χ0n) is 39.6. The van der Waals surface area contributed by atoms with Crippen LogP contribution in [0.2, 0.25) is 0 Å². The quantitative estimate of drug-likeness (QED) is 0.0303. The highest BCUT2D eigenvalue weighted by atomic mass is 16.8. The molecule has 0 saturated carbocycles. The summed E-state index contributed by atoms with van der Waals surface area (Å²) in [6.45, 7) is -0.931. The van der Waals surface area contributed by atoms with Crippen molar-refractivity contribution < 1.29 is 134 Å². The van der Waals surface area contributed by atoms with Gasteiger partial charge in [-0.1, -0.05) is 12.1 Å². The molecule has 0 spiro atoms. The minimum Gasteiger partial charge on any atom is -0.508 e. The fourth-order valence-corrected chi connectivity index (χ4v) is 8.60. The molecule has 5 heterocycles. The van der Waals surface area contributed by atoms with Crippen molar-refractivity contribution >= 4 is 12.0 Å². The SMILES string of the molecule is C[C@@H]1O[C@@H](OC[C@H]2O[C@@H](Oc3cc4c(=O)cc(O[C@@H]5O[C@H](CO)[C@@H](O)[C@H](O[C@@H]6O[C@H](COC(=O)C=Cc7ccc(O)cc7)[C@@H](O)[C@H](O)[C@H]6O)[C@H]5O)cc-4oc3-c3cc(O)c(O)c(O)c3)[C@H](O)[C@@H](O)[C@@H]2O)[C@H](O)[C@H](O)[C@H]1O. The molecule has 5 aliphatic heterocycles. The molecule has 0 radical (unpaired) electrons. The first-order valence-corrected chi connectivity index (χ1v) is 23.4. The van der Waals surface area contributed by atoms with E-state index in [4.69, 9.17) is 47.0 Å². The summed E-state index contributed by atoms with van der Waals surface area (Å²) in [5.74, 6) is -5.38. The number of benzene rings is 3. The summed E-state index contributed by atoms with van der Waals surface area (Å²) in [5, 5.41) is 169. The number of aromatic hydroxyl groups is 4. The Bertz CT molecular complexity index is 2660. The zero-order valence-corrected chi connectivity index (χ0v) is 39.6. The second kappa shape index (κ2) is 23.4. The number of fused-ring (bicyclic) bond motifs is 1. The van der Waals surface area contributed by atoms with Gasteiger partial charge in [-0.3, -0.25) is 4.79 Å². The van der Waals surface area contributed by atoms with Crippen LogP contribution in [-0.2, 0) is 38.0 Å². The summed E-state index contributed by atoms with van der Waals surface area (Å²) in [5.41, 5.74) is -0.954. The lowest BCUT2D eigenvalue weighted by Gasteiger charge is -2.45. The van der Waals surface area contributed by atoms with Gasteiger partial charge in [0, 0.05) is 23.8 Å². The van der Waals surface area contributed by atoms with Crippen molar-refractivity contribution in [2.75, 3.05) is 19.8 Å². The van der Waals surface area contributed by atoms with Crippen LogP contribution in [0.3, 0.4) is 0 Å². The lowest BCUT2D eigenvalue weighted by molar-refractivity contribution is -0.353. The lowest BCUT2D eigenvalue weighted by Crippen LogP contribution is -2.65. The largest absolute Gasteiger partial charge is 0.508 e. The molecule has 0 bridgehead atoms. The number of rotatable bonds is 15. The molecule has 2 aromatic rings. The number of ether oxygens (including phenoxy) is 9. The number of phenols is 4. The van der Waals surface area contributed by atoms with E-state index in [2.05, 4.69) is 0 Å². The standard InChI is InChI=1S/C48H56O28/c1-16-31(55)36(60)39(63)45(69-16)68-15-29-34(58)37(61)40(64)46(74-29)72-26-12-21-22(51)10-20(11-25(21)71-43(26)18-8-23(52)32(56)24(53)9-18)70-48-42(66)44(35(59)27(13-49)73-48)76-47-41(65)38(62)33(57)28(75-47)14-67-30(54)7-4-17-2-5-19(50)6-3-17/h2-12,16,27-29,31,33-42,44-50,52-53,55-66H,13-15H2,1H3/t16-,27+,28+,29+,31-,33+,34+,35+,36+,37-,38-,39+,40+,41+,42+,44-,45+,46+,47-,48+/m0/s1. The molecule has 28 nitrogen and oxygen atoms in total. The molecule has 0 unspecified atom stereocenters. The third-order valence-corrected chi connectivity index (χ3v) is 13.0.